The van der Waals surface area contributed by atoms with Crippen LogP contribution in [0.4, 0.5) is 8.78 Å². The van der Waals surface area contributed by atoms with Crippen molar-refractivity contribution in [3.8, 4) is 11.1 Å². The van der Waals surface area contributed by atoms with Crippen molar-refractivity contribution >= 4 is 0 Å². The molecule has 2 aromatic carbocycles. The van der Waals surface area contributed by atoms with Gasteiger partial charge in [-0.1, -0.05) is 19.1 Å². The van der Waals surface area contributed by atoms with E-state index in [-0.39, 0.29) is 11.6 Å². The number of rotatable bonds is 4. The quantitative estimate of drug-likeness (QED) is 0.875. The Bertz CT molecular complexity index is 559. The van der Waals surface area contributed by atoms with E-state index in [1.165, 1.54) is 18.2 Å². The highest BCUT2D eigenvalue weighted by molar-refractivity contribution is 5.65. The van der Waals surface area contributed by atoms with Crippen molar-refractivity contribution in [3.63, 3.8) is 0 Å². The van der Waals surface area contributed by atoms with Gasteiger partial charge in [0.2, 0.25) is 0 Å². The standard InChI is InChI=1S/C16H17F2N/c1-3-19-10-12-4-5-16(18)15(8-12)13-6-11(2)7-14(17)9-13/h4-9,19H,3,10H2,1-2H3. The summed E-state index contributed by atoms with van der Waals surface area (Å²) >= 11 is 0. The average Bonchev–Trinajstić information content (AvgIpc) is 2.36. The topological polar surface area (TPSA) is 12.0 Å². The van der Waals surface area contributed by atoms with Gasteiger partial charge in [0.05, 0.1) is 0 Å². The van der Waals surface area contributed by atoms with Crippen molar-refractivity contribution in [2.75, 3.05) is 6.54 Å². The summed E-state index contributed by atoms with van der Waals surface area (Å²) in [4.78, 5) is 0. The van der Waals surface area contributed by atoms with Crippen molar-refractivity contribution in [1.29, 1.82) is 0 Å². The summed E-state index contributed by atoms with van der Waals surface area (Å²) in [5.74, 6) is -0.670. The van der Waals surface area contributed by atoms with Crippen LogP contribution in [0.3, 0.4) is 0 Å². The van der Waals surface area contributed by atoms with Crippen LogP contribution in [0, 0.1) is 18.6 Å². The lowest BCUT2D eigenvalue weighted by molar-refractivity contribution is 0.623. The molecule has 0 aromatic heterocycles. The monoisotopic (exact) mass is 261 g/mol. The van der Waals surface area contributed by atoms with Crippen LogP contribution in [0.2, 0.25) is 0 Å². The molecule has 19 heavy (non-hydrogen) atoms. The maximum Gasteiger partial charge on any atom is 0.131 e. The minimum absolute atomic E-state index is 0.328. The summed E-state index contributed by atoms with van der Waals surface area (Å²) < 4.78 is 27.3. The lowest BCUT2D eigenvalue weighted by Gasteiger charge is -2.09. The van der Waals surface area contributed by atoms with Crippen LogP contribution in [-0.2, 0) is 6.54 Å². The molecular formula is C16H17F2N. The van der Waals surface area contributed by atoms with E-state index >= 15 is 0 Å². The van der Waals surface area contributed by atoms with Crippen LogP contribution in [0.25, 0.3) is 11.1 Å². The third-order valence-electron chi connectivity index (χ3n) is 2.96. The highest BCUT2D eigenvalue weighted by Crippen LogP contribution is 2.26. The number of benzene rings is 2. The number of nitrogens with one attached hydrogen (secondary N) is 1. The van der Waals surface area contributed by atoms with E-state index in [2.05, 4.69) is 5.32 Å². The third-order valence-corrected chi connectivity index (χ3v) is 2.96. The second-order valence-corrected chi connectivity index (χ2v) is 4.61. The van der Waals surface area contributed by atoms with E-state index in [9.17, 15) is 8.78 Å². The Morgan fingerprint density at radius 1 is 1.05 bits per heavy atom. The van der Waals surface area contributed by atoms with Crippen molar-refractivity contribution in [2.45, 2.75) is 20.4 Å². The third kappa shape index (κ3) is 3.38. The molecule has 0 aliphatic heterocycles. The predicted molar refractivity (Wildman–Crippen MR) is 73.9 cm³/mol. The molecular weight excluding hydrogens is 244 g/mol. The Labute approximate surface area is 112 Å². The summed E-state index contributed by atoms with van der Waals surface area (Å²) in [7, 11) is 0. The Balaban J connectivity index is 2.42. The van der Waals surface area contributed by atoms with Crippen LogP contribution in [0.15, 0.2) is 36.4 Å². The molecule has 0 fully saturated rings. The number of aryl methyl sites for hydroxylation is 1. The molecule has 0 heterocycles. The van der Waals surface area contributed by atoms with Crippen molar-refractivity contribution in [3.05, 3.63) is 59.2 Å². The van der Waals surface area contributed by atoms with Gasteiger partial charge in [-0.05, 0) is 54.4 Å². The summed E-state index contributed by atoms with van der Waals surface area (Å²) in [5.41, 5.74) is 2.79. The number of halogens is 2. The van der Waals surface area contributed by atoms with E-state index < -0.39 is 0 Å². The Hall–Kier alpha value is -1.74. The number of hydrogen-bond donors (Lipinski definition) is 1. The molecule has 100 valence electrons. The number of hydrogen-bond acceptors (Lipinski definition) is 1. The molecule has 0 radical (unpaired) electrons. The highest BCUT2D eigenvalue weighted by atomic mass is 19.1. The van der Waals surface area contributed by atoms with Crippen molar-refractivity contribution in [2.24, 2.45) is 0 Å². The molecule has 3 heteroatoms. The predicted octanol–water partition coefficient (Wildman–Crippen LogP) is 4.05. The fraction of sp³-hybridized carbons (Fsp3) is 0.250. The molecule has 0 bridgehead atoms. The van der Waals surface area contributed by atoms with Gasteiger partial charge in [0, 0.05) is 12.1 Å². The zero-order valence-electron chi connectivity index (χ0n) is 11.1. The molecule has 0 saturated carbocycles. The molecule has 0 spiro atoms. The molecule has 0 aliphatic carbocycles. The summed E-state index contributed by atoms with van der Waals surface area (Å²) in [6.45, 7) is 5.34. The van der Waals surface area contributed by atoms with E-state index in [4.69, 9.17) is 0 Å². The zero-order chi connectivity index (χ0) is 13.8. The van der Waals surface area contributed by atoms with Gasteiger partial charge in [-0.25, -0.2) is 8.78 Å². The minimum atomic E-state index is -0.341. The molecule has 1 nitrogen and oxygen atoms in total. The Morgan fingerprint density at radius 3 is 2.53 bits per heavy atom. The van der Waals surface area contributed by atoms with Crippen LogP contribution < -0.4 is 5.32 Å². The van der Waals surface area contributed by atoms with Crippen LogP contribution in [0.1, 0.15) is 18.1 Å². The molecule has 0 unspecified atom stereocenters. The van der Waals surface area contributed by atoms with Crippen LogP contribution in [0.5, 0.6) is 0 Å². The lowest BCUT2D eigenvalue weighted by atomic mass is 10.0. The summed E-state index contributed by atoms with van der Waals surface area (Å²) in [6, 6.07) is 9.53. The van der Waals surface area contributed by atoms with Gasteiger partial charge < -0.3 is 5.32 Å². The van der Waals surface area contributed by atoms with Crippen molar-refractivity contribution < 1.29 is 8.78 Å². The second kappa shape index (κ2) is 5.93. The zero-order valence-corrected chi connectivity index (χ0v) is 11.1. The van der Waals surface area contributed by atoms with E-state index in [1.807, 2.05) is 6.92 Å². The van der Waals surface area contributed by atoms with Crippen molar-refractivity contribution in [1.82, 2.24) is 5.32 Å². The molecule has 2 aromatic rings. The molecule has 0 aliphatic rings. The van der Waals surface area contributed by atoms with Crippen LogP contribution >= 0.6 is 0 Å². The first kappa shape index (κ1) is 13.7. The van der Waals surface area contributed by atoms with Gasteiger partial charge in [0.15, 0.2) is 0 Å². The van der Waals surface area contributed by atoms with Crippen LogP contribution in [-0.4, -0.2) is 6.54 Å². The van der Waals surface area contributed by atoms with E-state index in [0.29, 0.717) is 17.7 Å². The average molecular weight is 261 g/mol. The largest absolute Gasteiger partial charge is 0.313 e. The molecule has 0 saturated heterocycles. The highest BCUT2D eigenvalue weighted by Gasteiger charge is 2.08. The molecule has 2 rings (SSSR count). The van der Waals surface area contributed by atoms with Gasteiger partial charge in [-0.3, -0.25) is 0 Å². The first-order valence-electron chi connectivity index (χ1n) is 6.37. The first-order chi connectivity index (χ1) is 9.10. The SMILES string of the molecule is CCNCc1ccc(F)c(-c2cc(C)cc(F)c2)c1. The molecule has 1 N–H and O–H groups in total. The summed E-state index contributed by atoms with van der Waals surface area (Å²) in [6.07, 6.45) is 0. The minimum Gasteiger partial charge on any atom is -0.313 e. The first-order valence-corrected chi connectivity index (χ1v) is 6.37. The molecule has 0 amide bonds. The molecule has 0 atom stereocenters. The maximum absolute atomic E-state index is 13.9. The van der Waals surface area contributed by atoms with Gasteiger partial charge in [-0.15, -0.1) is 0 Å². The summed E-state index contributed by atoms with van der Waals surface area (Å²) in [5, 5.41) is 3.19. The Kier molecular flexibility index (Phi) is 4.27. The van der Waals surface area contributed by atoms with Gasteiger partial charge in [-0.2, -0.15) is 0 Å². The fourth-order valence-corrected chi connectivity index (χ4v) is 2.06. The Morgan fingerprint density at radius 2 is 1.84 bits per heavy atom. The fourth-order valence-electron chi connectivity index (χ4n) is 2.06. The normalized spacial score (nSPS) is 10.7. The smallest absolute Gasteiger partial charge is 0.131 e. The van der Waals surface area contributed by atoms with Gasteiger partial charge in [0.1, 0.15) is 11.6 Å². The lowest BCUT2D eigenvalue weighted by Crippen LogP contribution is -2.11. The van der Waals surface area contributed by atoms with E-state index in [0.717, 1.165) is 17.7 Å². The maximum atomic E-state index is 13.9. The van der Waals surface area contributed by atoms with E-state index in [1.54, 1.807) is 25.1 Å². The van der Waals surface area contributed by atoms with Gasteiger partial charge in [0.25, 0.3) is 0 Å². The second-order valence-electron chi connectivity index (χ2n) is 4.61. The van der Waals surface area contributed by atoms with Gasteiger partial charge >= 0.3 is 0 Å².